The monoisotopic (exact) mass is 298 g/mol. The third-order valence-corrected chi connectivity index (χ3v) is 3.38. The zero-order chi connectivity index (χ0) is 14.5. The molecule has 0 unspecified atom stereocenters. The Hall–Kier alpha value is -2.33. The minimum atomic E-state index is 0.496. The third kappa shape index (κ3) is 3.83. The summed E-state index contributed by atoms with van der Waals surface area (Å²) < 4.78 is 2.05. The number of anilines is 1. The van der Waals surface area contributed by atoms with E-state index >= 15 is 0 Å². The Kier molecular flexibility index (Phi) is 4.17. The smallest absolute Gasteiger partial charge is 0.131 e. The number of imidazole rings is 1. The van der Waals surface area contributed by atoms with E-state index < -0.39 is 0 Å². The largest absolute Gasteiger partial charge is 0.381 e. The molecule has 0 saturated heterocycles. The minimum Gasteiger partial charge on any atom is -0.381 e. The van der Waals surface area contributed by atoms with E-state index in [9.17, 15) is 0 Å². The molecule has 0 radical (unpaired) electrons. The van der Waals surface area contributed by atoms with Crippen LogP contribution in [0.15, 0.2) is 61.3 Å². The molecule has 0 saturated carbocycles. The lowest BCUT2D eigenvalue weighted by atomic mass is 10.1. The lowest BCUT2D eigenvalue weighted by Gasteiger charge is -2.08. The Balaban J connectivity index is 1.59. The first-order chi connectivity index (χ1) is 10.3. The van der Waals surface area contributed by atoms with E-state index in [1.165, 1.54) is 11.1 Å². The van der Waals surface area contributed by atoms with E-state index in [4.69, 9.17) is 11.6 Å². The average Bonchev–Trinajstić information content (AvgIpc) is 3.00. The summed E-state index contributed by atoms with van der Waals surface area (Å²) in [5.74, 6) is 0. The van der Waals surface area contributed by atoms with Crippen molar-refractivity contribution < 1.29 is 0 Å². The molecule has 0 amide bonds. The van der Waals surface area contributed by atoms with Crippen LogP contribution in [0.2, 0.25) is 5.15 Å². The van der Waals surface area contributed by atoms with E-state index in [1.807, 2.05) is 29.2 Å². The number of nitrogens with zero attached hydrogens (tertiary/aromatic N) is 3. The fraction of sp³-hybridized carbons (Fsp3) is 0.125. The first-order valence-electron chi connectivity index (χ1n) is 6.68. The number of rotatable bonds is 5. The Morgan fingerprint density at radius 1 is 1.05 bits per heavy atom. The second-order valence-corrected chi connectivity index (χ2v) is 5.16. The summed E-state index contributed by atoms with van der Waals surface area (Å²) in [4.78, 5) is 8.00. The highest BCUT2D eigenvalue weighted by Crippen LogP contribution is 2.14. The molecule has 4 nitrogen and oxygen atoms in total. The Morgan fingerprint density at radius 2 is 1.86 bits per heavy atom. The highest BCUT2D eigenvalue weighted by Gasteiger charge is 1.98. The van der Waals surface area contributed by atoms with Crippen LogP contribution < -0.4 is 5.32 Å². The normalized spacial score (nSPS) is 10.5. The summed E-state index contributed by atoms with van der Waals surface area (Å²) >= 11 is 5.86. The second-order valence-electron chi connectivity index (χ2n) is 4.77. The van der Waals surface area contributed by atoms with Crippen molar-refractivity contribution in [2.75, 3.05) is 5.32 Å². The van der Waals surface area contributed by atoms with Gasteiger partial charge in [0.05, 0.1) is 6.33 Å². The molecular formula is C16H15ClN4. The predicted octanol–water partition coefficient (Wildman–Crippen LogP) is 3.59. The Labute approximate surface area is 128 Å². The zero-order valence-electron chi connectivity index (χ0n) is 11.4. The van der Waals surface area contributed by atoms with Crippen molar-refractivity contribution in [3.63, 3.8) is 0 Å². The number of benzene rings is 1. The summed E-state index contributed by atoms with van der Waals surface area (Å²) in [6.45, 7) is 1.60. The van der Waals surface area contributed by atoms with Crippen LogP contribution in [-0.4, -0.2) is 14.5 Å². The van der Waals surface area contributed by atoms with Gasteiger partial charge in [0.1, 0.15) is 5.15 Å². The highest BCUT2D eigenvalue weighted by molar-refractivity contribution is 6.29. The van der Waals surface area contributed by atoms with Crippen molar-refractivity contribution in [2.45, 2.75) is 13.1 Å². The molecule has 1 aromatic carbocycles. The van der Waals surface area contributed by atoms with Gasteiger partial charge in [0.2, 0.25) is 0 Å². The first kappa shape index (κ1) is 13.6. The van der Waals surface area contributed by atoms with Crippen LogP contribution in [0.4, 0.5) is 5.69 Å². The summed E-state index contributed by atoms with van der Waals surface area (Å²) in [6, 6.07) is 12.2. The fourth-order valence-corrected chi connectivity index (χ4v) is 2.24. The van der Waals surface area contributed by atoms with E-state index in [0.29, 0.717) is 5.15 Å². The summed E-state index contributed by atoms with van der Waals surface area (Å²) in [5.41, 5.74) is 3.44. The Morgan fingerprint density at radius 3 is 2.57 bits per heavy atom. The second kappa shape index (κ2) is 6.41. The summed E-state index contributed by atoms with van der Waals surface area (Å²) in [5, 5.41) is 3.82. The molecule has 0 aliphatic heterocycles. The Bertz CT molecular complexity index is 693. The molecule has 0 bridgehead atoms. The fourth-order valence-electron chi connectivity index (χ4n) is 2.07. The maximum atomic E-state index is 5.86. The van der Waals surface area contributed by atoms with Crippen molar-refractivity contribution in [3.8, 4) is 0 Å². The molecule has 2 aromatic heterocycles. The molecule has 106 valence electrons. The number of hydrogen-bond donors (Lipinski definition) is 1. The van der Waals surface area contributed by atoms with Crippen molar-refractivity contribution in [1.29, 1.82) is 0 Å². The van der Waals surface area contributed by atoms with Gasteiger partial charge in [-0.15, -0.1) is 0 Å². The first-order valence-corrected chi connectivity index (χ1v) is 7.06. The third-order valence-electron chi connectivity index (χ3n) is 3.17. The highest BCUT2D eigenvalue weighted by atomic mass is 35.5. The molecule has 0 spiro atoms. The molecule has 1 N–H and O–H groups in total. The van der Waals surface area contributed by atoms with Gasteiger partial charge in [0.25, 0.3) is 0 Å². The van der Waals surface area contributed by atoms with Crippen molar-refractivity contribution >= 4 is 17.3 Å². The molecule has 2 heterocycles. The van der Waals surface area contributed by atoms with Crippen LogP contribution in [0.5, 0.6) is 0 Å². The minimum absolute atomic E-state index is 0.496. The van der Waals surface area contributed by atoms with Crippen LogP contribution in [0.1, 0.15) is 11.1 Å². The van der Waals surface area contributed by atoms with Crippen LogP contribution in [0.25, 0.3) is 0 Å². The van der Waals surface area contributed by atoms with E-state index in [1.54, 1.807) is 12.4 Å². The van der Waals surface area contributed by atoms with Gasteiger partial charge in [-0.05, 0) is 23.3 Å². The van der Waals surface area contributed by atoms with Gasteiger partial charge in [-0.3, -0.25) is 0 Å². The van der Waals surface area contributed by atoms with Crippen molar-refractivity contribution in [3.05, 3.63) is 77.6 Å². The average molecular weight is 299 g/mol. The van der Waals surface area contributed by atoms with Gasteiger partial charge in [-0.1, -0.05) is 35.9 Å². The van der Waals surface area contributed by atoms with E-state index in [2.05, 4.69) is 39.6 Å². The van der Waals surface area contributed by atoms with Gasteiger partial charge in [-0.2, -0.15) is 0 Å². The zero-order valence-corrected chi connectivity index (χ0v) is 12.2. The molecule has 0 aliphatic carbocycles. The molecular weight excluding hydrogens is 284 g/mol. The number of halogens is 1. The summed E-state index contributed by atoms with van der Waals surface area (Å²) in [7, 11) is 0. The number of hydrogen-bond acceptors (Lipinski definition) is 3. The maximum Gasteiger partial charge on any atom is 0.131 e. The van der Waals surface area contributed by atoms with Gasteiger partial charge in [0.15, 0.2) is 0 Å². The molecule has 0 aliphatic rings. The van der Waals surface area contributed by atoms with Crippen molar-refractivity contribution in [2.24, 2.45) is 0 Å². The van der Waals surface area contributed by atoms with Gasteiger partial charge in [0, 0.05) is 37.4 Å². The quantitative estimate of drug-likeness (QED) is 0.732. The molecule has 21 heavy (non-hydrogen) atoms. The van der Waals surface area contributed by atoms with Gasteiger partial charge in [-0.25, -0.2) is 9.97 Å². The van der Waals surface area contributed by atoms with Gasteiger partial charge >= 0.3 is 0 Å². The van der Waals surface area contributed by atoms with Crippen LogP contribution in [0, 0.1) is 0 Å². The number of pyridine rings is 1. The lowest BCUT2D eigenvalue weighted by Crippen LogP contribution is -2.01. The topological polar surface area (TPSA) is 42.7 Å². The van der Waals surface area contributed by atoms with Crippen LogP contribution in [0.3, 0.4) is 0 Å². The predicted molar refractivity (Wildman–Crippen MR) is 84.3 cm³/mol. The molecule has 3 rings (SSSR count). The SMILES string of the molecule is Clc1cc(NCc2ccc(Cn3ccnc3)cc2)ccn1. The van der Waals surface area contributed by atoms with Gasteiger partial charge < -0.3 is 9.88 Å². The number of aromatic nitrogens is 3. The summed E-state index contributed by atoms with van der Waals surface area (Å²) in [6.07, 6.45) is 7.27. The molecule has 0 fully saturated rings. The molecule has 3 aromatic rings. The van der Waals surface area contributed by atoms with Crippen molar-refractivity contribution in [1.82, 2.24) is 14.5 Å². The standard InChI is InChI=1S/C16H15ClN4/c17-16-9-15(5-6-19-16)20-10-13-1-3-14(4-2-13)11-21-8-7-18-12-21/h1-9,12H,10-11H2,(H,19,20). The number of nitrogens with one attached hydrogen (secondary N) is 1. The van der Waals surface area contributed by atoms with E-state index in [-0.39, 0.29) is 0 Å². The molecule has 0 atom stereocenters. The lowest BCUT2D eigenvalue weighted by molar-refractivity contribution is 0.797. The maximum absolute atomic E-state index is 5.86. The molecule has 5 heteroatoms. The van der Waals surface area contributed by atoms with E-state index in [0.717, 1.165) is 18.8 Å². The van der Waals surface area contributed by atoms with Crippen LogP contribution in [-0.2, 0) is 13.1 Å². The van der Waals surface area contributed by atoms with Crippen LogP contribution >= 0.6 is 11.6 Å².